The Morgan fingerprint density at radius 2 is 1.61 bits per heavy atom. The van der Waals surface area contributed by atoms with Crippen molar-refractivity contribution in [1.29, 1.82) is 0 Å². The Labute approximate surface area is 107 Å². The van der Waals surface area contributed by atoms with Crippen molar-refractivity contribution in [3.05, 3.63) is 65.2 Å². The summed E-state index contributed by atoms with van der Waals surface area (Å²) in [6, 6.07) is 16.4. The SMILES string of the molecule is NCN1Cc2ccccc2C#Cc2ccccc21. The first-order valence-electron chi connectivity index (χ1n) is 6.02. The van der Waals surface area contributed by atoms with Gasteiger partial charge < -0.3 is 10.6 Å². The van der Waals surface area contributed by atoms with Gasteiger partial charge in [-0.05, 0) is 23.8 Å². The van der Waals surface area contributed by atoms with Gasteiger partial charge in [0.25, 0.3) is 0 Å². The number of nitrogens with zero attached hydrogens (tertiary/aromatic N) is 1. The molecule has 2 nitrogen and oxygen atoms in total. The molecule has 2 heteroatoms. The van der Waals surface area contributed by atoms with Gasteiger partial charge in [0.15, 0.2) is 0 Å². The Balaban J connectivity index is 2.19. The number of anilines is 1. The van der Waals surface area contributed by atoms with E-state index in [2.05, 4.69) is 34.9 Å². The molecule has 0 amide bonds. The highest BCUT2D eigenvalue weighted by molar-refractivity contribution is 5.64. The van der Waals surface area contributed by atoms with Crippen LogP contribution >= 0.6 is 0 Å². The van der Waals surface area contributed by atoms with E-state index in [1.165, 1.54) is 5.56 Å². The third kappa shape index (κ3) is 1.85. The molecule has 18 heavy (non-hydrogen) atoms. The lowest BCUT2D eigenvalue weighted by Gasteiger charge is -2.25. The lowest BCUT2D eigenvalue weighted by Crippen LogP contribution is -2.30. The first kappa shape index (κ1) is 10.9. The highest BCUT2D eigenvalue weighted by Crippen LogP contribution is 2.23. The molecular formula is C16H14N2. The van der Waals surface area contributed by atoms with Crippen molar-refractivity contribution in [2.45, 2.75) is 6.54 Å². The largest absolute Gasteiger partial charge is 0.354 e. The lowest BCUT2D eigenvalue weighted by molar-refractivity contribution is 0.808. The fraction of sp³-hybridized carbons (Fsp3) is 0.125. The van der Waals surface area contributed by atoms with Crippen LogP contribution in [0.5, 0.6) is 0 Å². The molecule has 0 atom stereocenters. The Bertz CT molecular complexity index is 635. The predicted molar refractivity (Wildman–Crippen MR) is 74.1 cm³/mol. The van der Waals surface area contributed by atoms with Crippen LogP contribution in [0.3, 0.4) is 0 Å². The van der Waals surface area contributed by atoms with Crippen molar-refractivity contribution in [3.63, 3.8) is 0 Å². The molecule has 0 saturated carbocycles. The Hall–Kier alpha value is -2.24. The Kier molecular flexibility index (Phi) is 2.76. The number of fused-ring (bicyclic) bond motifs is 2. The van der Waals surface area contributed by atoms with Crippen LogP contribution in [0.4, 0.5) is 5.69 Å². The summed E-state index contributed by atoms with van der Waals surface area (Å²) in [7, 11) is 0. The van der Waals surface area contributed by atoms with E-state index in [0.717, 1.165) is 23.4 Å². The average Bonchev–Trinajstić information content (AvgIpc) is 2.41. The third-order valence-corrected chi connectivity index (χ3v) is 3.18. The van der Waals surface area contributed by atoms with Gasteiger partial charge in [0.05, 0.1) is 12.4 Å². The summed E-state index contributed by atoms with van der Waals surface area (Å²) in [5.41, 5.74) is 10.3. The van der Waals surface area contributed by atoms with Crippen molar-refractivity contribution in [1.82, 2.24) is 0 Å². The number of nitrogens with two attached hydrogens (primary N) is 1. The molecule has 0 saturated heterocycles. The van der Waals surface area contributed by atoms with Crippen LogP contribution < -0.4 is 10.6 Å². The van der Waals surface area contributed by atoms with Crippen LogP contribution in [0, 0.1) is 11.8 Å². The summed E-state index contributed by atoms with van der Waals surface area (Å²) in [6.07, 6.45) is 0. The van der Waals surface area contributed by atoms with Crippen LogP contribution in [-0.2, 0) is 6.54 Å². The van der Waals surface area contributed by atoms with Crippen molar-refractivity contribution < 1.29 is 0 Å². The molecule has 0 aromatic heterocycles. The van der Waals surface area contributed by atoms with E-state index >= 15 is 0 Å². The quantitative estimate of drug-likeness (QED) is 0.767. The van der Waals surface area contributed by atoms with Gasteiger partial charge in [0.1, 0.15) is 0 Å². The molecule has 2 aromatic rings. The molecule has 1 aliphatic rings. The zero-order valence-electron chi connectivity index (χ0n) is 10.1. The number of benzene rings is 2. The fourth-order valence-electron chi connectivity index (χ4n) is 2.22. The Morgan fingerprint density at radius 1 is 0.944 bits per heavy atom. The van der Waals surface area contributed by atoms with Crippen LogP contribution in [0.1, 0.15) is 16.7 Å². The highest BCUT2D eigenvalue weighted by atomic mass is 15.2. The maximum atomic E-state index is 5.87. The molecule has 1 aliphatic heterocycles. The van der Waals surface area contributed by atoms with E-state index in [0.29, 0.717) is 6.67 Å². The lowest BCUT2D eigenvalue weighted by atomic mass is 10.0. The number of rotatable bonds is 1. The number of hydrogen-bond acceptors (Lipinski definition) is 2. The zero-order chi connectivity index (χ0) is 12.4. The molecule has 88 valence electrons. The average molecular weight is 234 g/mol. The molecule has 2 aromatic carbocycles. The molecule has 0 unspecified atom stereocenters. The first-order valence-corrected chi connectivity index (χ1v) is 6.02. The van der Waals surface area contributed by atoms with Gasteiger partial charge >= 0.3 is 0 Å². The van der Waals surface area contributed by atoms with E-state index in [4.69, 9.17) is 5.73 Å². The van der Waals surface area contributed by atoms with E-state index in [1.807, 2.05) is 30.3 Å². The fourth-order valence-corrected chi connectivity index (χ4v) is 2.22. The van der Waals surface area contributed by atoms with Gasteiger partial charge in [-0.3, -0.25) is 0 Å². The molecule has 0 aliphatic carbocycles. The van der Waals surface area contributed by atoms with Crippen LogP contribution in [0.25, 0.3) is 0 Å². The van der Waals surface area contributed by atoms with Gasteiger partial charge in [-0.15, -0.1) is 0 Å². The van der Waals surface area contributed by atoms with Gasteiger partial charge in [0.2, 0.25) is 0 Å². The predicted octanol–water partition coefficient (Wildman–Crippen LogP) is 2.32. The summed E-state index contributed by atoms with van der Waals surface area (Å²) >= 11 is 0. The highest BCUT2D eigenvalue weighted by Gasteiger charge is 2.12. The summed E-state index contributed by atoms with van der Waals surface area (Å²) in [5, 5.41) is 0. The van der Waals surface area contributed by atoms with E-state index in [-0.39, 0.29) is 0 Å². The molecular weight excluding hydrogens is 220 g/mol. The van der Waals surface area contributed by atoms with E-state index < -0.39 is 0 Å². The molecule has 1 heterocycles. The van der Waals surface area contributed by atoms with Gasteiger partial charge in [-0.25, -0.2) is 0 Å². The molecule has 0 spiro atoms. The van der Waals surface area contributed by atoms with E-state index in [9.17, 15) is 0 Å². The van der Waals surface area contributed by atoms with Gasteiger partial charge in [-0.1, -0.05) is 42.2 Å². The number of para-hydroxylation sites is 1. The minimum absolute atomic E-state index is 0.493. The minimum atomic E-state index is 0.493. The Morgan fingerprint density at radius 3 is 2.44 bits per heavy atom. The monoisotopic (exact) mass is 234 g/mol. The third-order valence-electron chi connectivity index (χ3n) is 3.18. The summed E-state index contributed by atoms with van der Waals surface area (Å²) in [6.45, 7) is 1.30. The molecule has 3 rings (SSSR count). The smallest absolute Gasteiger partial charge is 0.0661 e. The molecule has 2 N–H and O–H groups in total. The van der Waals surface area contributed by atoms with Gasteiger partial charge in [0, 0.05) is 17.7 Å². The maximum Gasteiger partial charge on any atom is 0.0661 e. The summed E-state index contributed by atoms with van der Waals surface area (Å²) in [5.74, 6) is 6.49. The minimum Gasteiger partial charge on any atom is -0.354 e. The topological polar surface area (TPSA) is 29.3 Å². The second kappa shape index (κ2) is 4.56. The maximum absolute atomic E-state index is 5.87. The van der Waals surface area contributed by atoms with Crippen LogP contribution in [0.2, 0.25) is 0 Å². The standard InChI is InChI=1S/C16H14N2/c17-12-18-11-15-7-2-1-5-13(15)9-10-14-6-3-4-8-16(14)18/h1-8H,11-12,17H2. The van der Waals surface area contributed by atoms with E-state index in [1.54, 1.807) is 0 Å². The van der Waals surface area contributed by atoms with Crippen LogP contribution in [0.15, 0.2) is 48.5 Å². The molecule has 0 bridgehead atoms. The van der Waals surface area contributed by atoms with Crippen molar-refractivity contribution >= 4 is 5.69 Å². The first-order chi connectivity index (χ1) is 8.88. The normalized spacial score (nSPS) is 12.6. The van der Waals surface area contributed by atoms with Crippen LogP contribution in [-0.4, -0.2) is 6.67 Å². The second-order valence-corrected chi connectivity index (χ2v) is 4.30. The summed E-state index contributed by atoms with van der Waals surface area (Å²) < 4.78 is 0. The van der Waals surface area contributed by atoms with Crippen molar-refractivity contribution in [3.8, 4) is 11.8 Å². The second-order valence-electron chi connectivity index (χ2n) is 4.30. The van der Waals surface area contributed by atoms with Crippen molar-refractivity contribution in [2.24, 2.45) is 5.73 Å². The zero-order valence-corrected chi connectivity index (χ0v) is 10.1. The molecule has 0 radical (unpaired) electrons. The van der Waals surface area contributed by atoms with Crippen molar-refractivity contribution in [2.75, 3.05) is 11.6 Å². The summed E-state index contributed by atoms with van der Waals surface area (Å²) in [4.78, 5) is 2.15. The van der Waals surface area contributed by atoms with Gasteiger partial charge in [-0.2, -0.15) is 0 Å². The molecule has 0 fully saturated rings. The number of hydrogen-bond donors (Lipinski definition) is 1.